The van der Waals surface area contributed by atoms with Crippen LogP contribution < -0.4 is 10.6 Å². The van der Waals surface area contributed by atoms with Gasteiger partial charge in [-0.1, -0.05) is 25.1 Å². The molecule has 1 heterocycles. The summed E-state index contributed by atoms with van der Waals surface area (Å²) in [6.45, 7) is 6.69. The Morgan fingerprint density at radius 2 is 2.17 bits per heavy atom. The maximum absolute atomic E-state index is 12.2. The van der Waals surface area contributed by atoms with Crippen molar-refractivity contribution in [1.82, 2.24) is 15.5 Å². The number of amides is 1. The predicted molar refractivity (Wildman–Crippen MR) is 91.8 cm³/mol. The Bertz CT molecular complexity index is 720. The number of nitrogens with one attached hydrogen (secondary N) is 2. The van der Waals surface area contributed by atoms with E-state index in [4.69, 9.17) is 4.52 Å². The Balaban J connectivity index is 1.63. The molecule has 3 rings (SSSR count). The zero-order chi connectivity index (χ0) is 17.1. The predicted octanol–water partition coefficient (Wildman–Crippen LogP) is 3.08. The first-order chi connectivity index (χ1) is 11.5. The van der Waals surface area contributed by atoms with Crippen molar-refractivity contribution in [2.75, 3.05) is 5.32 Å². The number of aryl methyl sites for hydroxylation is 1. The first-order valence-corrected chi connectivity index (χ1v) is 8.48. The molecule has 2 N–H and O–H groups in total. The summed E-state index contributed by atoms with van der Waals surface area (Å²) in [4.78, 5) is 16.5. The minimum atomic E-state index is -0.0161. The summed E-state index contributed by atoms with van der Waals surface area (Å²) < 4.78 is 5.26. The Kier molecular flexibility index (Phi) is 4.83. The van der Waals surface area contributed by atoms with Crippen molar-refractivity contribution in [3.05, 3.63) is 41.0 Å². The van der Waals surface area contributed by atoms with Gasteiger partial charge in [-0.2, -0.15) is 4.98 Å². The van der Waals surface area contributed by atoms with Crippen molar-refractivity contribution in [3.63, 3.8) is 0 Å². The second kappa shape index (κ2) is 7.03. The van der Waals surface area contributed by atoms with Crippen LogP contribution in [-0.4, -0.2) is 22.1 Å². The fourth-order valence-electron chi connectivity index (χ4n) is 2.43. The number of carbonyl (C=O) groups excluding carboxylic acids is 1. The highest BCUT2D eigenvalue weighted by atomic mass is 16.5. The minimum absolute atomic E-state index is 0.0161. The first-order valence-electron chi connectivity index (χ1n) is 8.48. The highest BCUT2D eigenvalue weighted by molar-refractivity contribution is 5.95. The van der Waals surface area contributed by atoms with E-state index < -0.39 is 0 Å². The summed E-state index contributed by atoms with van der Waals surface area (Å²) in [6.07, 6.45) is 2.97. The SMILES string of the molecule is Cc1ccc(C(=O)NC2CC2)cc1NCc1nc(CC(C)C)no1. The van der Waals surface area contributed by atoms with Crippen molar-refractivity contribution in [1.29, 1.82) is 0 Å². The second-order valence-electron chi connectivity index (χ2n) is 6.83. The van der Waals surface area contributed by atoms with Crippen molar-refractivity contribution < 1.29 is 9.32 Å². The number of rotatable bonds is 7. The van der Waals surface area contributed by atoms with Gasteiger partial charge in [-0.15, -0.1) is 0 Å². The molecule has 1 aliphatic carbocycles. The van der Waals surface area contributed by atoms with Crippen molar-refractivity contribution in [3.8, 4) is 0 Å². The van der Waals surface area contributed by atoms with Gasteiger partial charge in [-0.05, 0) is 43.4 Å². The molecule has 1 aliphatic rings. The summed E-state index contributed by atoms with van der Waals surface area (Å²) >= 11 is 0. The Morgan fingerprint density at radius 3 is 2.88 bits per heavy atom. The lowest BCUT2D eigenvalue weighted by Crippen LogP contribution is -2.25. The fraction of sp³-hybridized carbons (Fsp3) is 0.500. The second-order valence-corrected chi connectivity index (χ2v) is 6.83. The van der Waals surface area contributed by atoms with E-state index in [0.717, 1.165) is 36.3 Å². The van der Waals surface area contributed by atoms with Gasteiger partial charge in [-0.25, -0.2) is 0 Å². The van der Waals surface area contributed by atoms with Gasteiger partial charge in [0, 0.05) is 23.7 Å². The average Bonchev–Trinajstić information content (AvgIpc) is 3.23. The van der Waals surface area contributed by atoms with Gasteiger partial charge in [0.15, 0.2) is 5.82 Å². The van der Waals surface area contributed by atoms with Crippen LogP contribution in [0.4, 0.5) is 5.69 Å². The van der Waals surface area contributed by atoms with Crippen molar-refractivity contribution >= 4 is 11.6 Å². The van der Waals surface area contributed by atoms with E-state index >= 15 is 0 Å². The van der Waals surface area contributed by atoms with Crippen LogP contribution in [0.5, 0.6) is 0 Å². The van der Waals surface area contributed by atoms with Gasteiger partial charge >= 0.3 is 0 Å². The molecule has 1 amide bonds. The minimum Gasteiger partial charge on any atom is -0.376 e. The summed E-state index contributed by atoms with van der Waals surface area (Å²) in [5.74, 6) is 1.76. The highest BCUT2D eigenvalue weighted by Gasteiger charge is 2.24. The van der Waals surface area contributed by atoms with E-state index in [1.165, 1.54) is 0 Å². The Hall–Kier alpha value is -2.37. The molecule has 1 fully saturated rings. The topological polar surface area (TPSA) is 80.0 Å². The third kappa shape index (κ3) is 4.34. The van der Waals surface area contributed by atoms with Gasteiger partial charge in [0.2, 0.25) is 5.89 Å². The molecule has 6 heteroatoms. The molecule has 0 spiro atoms. The van der Waals surface area contributed by atoms with Crippen LogP contribution in [-0.2, 0) is 13.0 Å². The molecule has 0 radical (unpaired) electrons. The van der Waals surface area contributed by atoms with Gasteiger partial charge in [0.1, 0.15) is 0 Å². The third-order valence-corrected chi connectivity index (χ3v) is 3.94. The summed E-state index contributed by atoms with van der Waals surface area (Å²) in [6, 6.07) is 6.03. The standard InChI is InChI=1S/C18H24N4O2/c1-11(2)8-16-21-17(24-22-16)10-19-15-9-13(5-4-12(15)3)18(23)20-14-6-7-14/h4-5,9,11,14,19H,6-8,10H2,1-3H3,(H,20,23). The molecular formula is C18H24N4O2. The third-order valence-electron chi connectivity index (χ3n) is 3.94. The number of carbonyl (C=O) groups is 1. The van der Waals surface area contributed by atoms with E-state index in [2.05, 4.69) is 34.6 Å². The normalized spacial score (nSPS) is 14.0. The molecule has 0 unspecified atom stereocenters. The van der Waals surface area contributed by atoms with Crippen LogP contribution in [0.15, 0.2) is 22.7 Å². The zero-order valence-corrected chi connectivity index (χ0v) is 14.4. The molecule has 0 saturated heterocycles. The van der Waals surface area contributed by atoms with E-state index in [0.29, 0.717) is 30.0 Å². The number of hydrogen-bond acceptors (Lipinski definition) is 5. The van der Waals surface area contributed by atoms with E-state index in [1.54, 1.807) is 0 Å². The number of hydrogen-bond donors (Lipinski definition) is 2. The van der Waals surface area contributed by atoms with Crippen molar-refractivity contribution in [2.45, 2.75) is 52.6 Å². The molecule has 0 bridgehead atoms. The number of nitrogens with zero attached hydrogens (tertiary/aromatic N) is 2. The lowest BCUT2D eigenvalue weighted by molar-refractivity contribution is 0.0951. The van der Waals surface area contributed by atoms with Crippen LogP contribution >= 0.6 is 0 Å². The van der Waals surface area contributed by atoms with E-state index in [9.17, 15) is 4.79 Å². The number of aromatic nitrogens is 2. The summed E-state index contributed by atoms with van der Waals surface area (Å²) in [5, 5.41) is 10.3. The van der Waals surface area contributed by atoms with Gasteiger partial charge in [0.05, 0.1) is 6.54 Å². The lowest BCUT2D eigenvalue weighted by atomic mass is 10.1. The maximum Gasteiger partial charge on any atom is 0.251 e. The maximum atomic E-state index is 12.2. The molecule has 0 atom stereocenters. The van der Waals surface area contributed by atoms with Crippen LogP contribution in [0.1, 0.15) is 54.3 Å². The molecular weight excluding hydrogens is 304 g/mol. The molecule has 1 aromatic heterocycles. The molecule has 2 aromatic rings. The van der Waals surface area contributed by atoms with Crippen LogP contribution in [0.3, 0.4) is 0 Å². The van der Waals surface area contributed by atoms with E-state index in [-0.39, 0.29) is 5.91 Å². The summed E-state index contributed by atoms with van der Waals surface area (Å²) in [5.41, 5.74) is 2.64. The number of anilines is 1. The summed E-state index contributed by atoms with van der Waals surface area (Å²) in [7, 11) is 0. The van der Waals surface area contributed by atoms with Crippen LogP contribution in [0.2, 0.25) is 0 Å². The van der Waals surface area contributed by atoms with Crippen molar-refractivity contribution in [2.24, 2.45) is 5.92 Å². The first kappa shape index (κ1) is 16.5. The number of benzene rings is 1. The van der Waals surface area contributed by atoms with Gasteiger partial charge < -0.3 is 15.2 Å². The molecule has 6 nitrogen and oxygen atoms in total. The van der Waals surface area contributed by atoms with Crippen LogP contribution in [0, 0.1) is 12.8 Å². The van der Waals surface area contributed by atoms with Gasteiger partial charge in [-0.3, -0.25) is 4.79 Å². The zero-order valence-electron chi connectivity index (χ0n) is 14.4. The van der Waals surface area contributed by atoms with Crippen LogP contribution in [0.25, 0.3) is 0 Å². The molecule has 1 aromatic carbocycles. The quantitative estimate of drug-likeness (QED) is 0.816. The van der Waals surface area contributed by atoms with E-state index in [1.807, 2.05) is 25.1 Å². The smallest absolute Gasteiger partial charge is 0.251 e. The lowest BCUT2D eigenvalue weighted by Gasteiger charge is -2.10. The Morgan fingerprint density at radius 1 is 1.38 bits per heavy atom. The average molecular weight is 328 g/mol. The molecule has 128 valence electrons. The molecule has 24 heavy (non-hydrogen) atoms. The Labute approximate surface area is 142 Å². The largest absolute Gasteiger partial charge is 0.376 e. The van der Waals surface area contributed by atoms with Gasteiger partial charge in [0.25, 0.3) is 5.91 Å². The fourth-order valence-corrected chi connectivity index (χ4v) is 2.43. The monoisotopic (exact) mass is 328 g/mol. The molecule has 1 saturated carbocycles. The highest BCUT2D eigenvalue weighted by Crippen LogP contribution is 2.21. The molecule has 0 aliphatic heterocycles.